The van der Waals surface area contributed by atoms with Gasteiger partial charge in [0.25, 0.3) is 0 Å². The maximum atomic E-state index is 14.1. The van der Waals surface area contributed by atoms with Gasteiger partial charge in [0.05, 0.1) is 66.1 Å². The van der Waals surface area contributed by atoms with Gasteiger partial charge in [0.15, 0.2) is 26.5 Å². The van der Waals surface area contributed by atoms with Crippen molar-refractivity contribution in [2.45, 2.75) is 190 Å². The van der Waals surface area contributed by atoms with Crippen molar-refractivity contribution in [1.29, 1.82) is 0 Å². The molecule has 57 heavy (non-hydrogen) atoms. The lowest BCUT2D eigenvalue weighted by molar-refractivity contribution is -0.108. The molecule has 3 unspecified atom stereocenters. The highest BCUT2D eigenvalue weighted by atomic mass is 32.2. The van der Waals surface area contributed by atoms with Gasteiger partial charge in [-0.2, -0.15) is 0 Å². The lowest BCUT2D eigenvalue weighted by Gasteiger charge is -2.42. The van der Waals surface area contributed by atoms with Gasteiger partial charge in [0.2, 0.25) is 0 Å². The summed E-state index contributed by atoms with van der Waals surface area (Å²) in [5, 5.41) is 0.0137. The lowest BCUT2D eigenvalue weighted by atomic mass is 9.83. The minimum atomic E-state index is -3.68. The molecular weight excluding hydrogens is 773 g/mol. The summed E-state index contributed by atoms with van der Waals surface area (Å²) in [6.07, 6.45) is 4.44. The van der Waals surface area contributed by atoms with E-state index in [-0.39, 0.29) is 52.3 Å². The molecule has 3 heterocycles. The van der Waals surface area contributed by atoms with Crippen LogP contribution in [0.4, 0.5) is 0 Å². The molecule has 3 aliphatic rings. The zero-order valence-electron chi connectivity index (χ0n) is 37.3. The second-order valence-corrected chi connectivity index (χ2v) is 31.7. The molecule has 0 saturated carbocycles. The zero-order valence-corrected chi connectivity index (χ0v) is 40.1. The van der Waals surface area contributed by atoms with Crippen LogP contribution in [-0.2, 0) is 42.4 Å². The summed E-state index contributed by atoms with van der Waals surface area (Å²) >= 11 is 0. The number of hydrogen-bond donors (Lipinski definition) is 0. The van der Waals surface area contributed by atoms with E-state index in [1.165, 1.54) is 0 Å². The van der Waals surface area contributed by atoms with Crippen LogP contribution in [0.5, 0.6) is 0 Å². The Morgan fingerprint density at radius 3 is 2.11 bits per heavy atom. The van der Waals surface area contributed by atoms with Gasteiger partial charge in [-0.1, -0.05) is 79.8 Å². The number of methoxy groups -OCH3 is 1. The van der Waals surface area contributed by atoms with E-state index in [0.29, 0.717) is 30.8 Å². The van der Waals surface area contributed by atoms with Crippen molar-refractivity contribution in [1.82, 2.24) is 0 Å². The Labute approximate surface area is 348 Å². The van der Waals surface area contributed by atoms with Gasteiger partial charge in [0, 0.05) is 32.3 Å². The fourth-order valence-corrected chi connectivity index (χ4v) is 12.1. The number of rotatable bonds is 19. The predicted octanol–water partition coefficient (Wildman–Crippen LogP) is 9.87. The largest absolute Gasteiger partial charge is 0.414 e. The van der Waals surface area contributed by atoms with Crippen LogP contribution in [0.1, 0.15) is 99.8 Å². The molecule has 4 rings (SSSR count). The standard InChI is InChI=1S/C45H76O9SSi2/c1-31-25-35(22-23-39-32(2)26-34(51-39)19-18-24-46)52-40(33(31)3)28-41-38(30-55(47,48)37-20-16-15-17-21-37)43(49-10)42(53-41)27-36(54-57(13,14)45(7,8)9)29-50-56(11,12)44(4,5)6/h15-17,20-21,24,31,34-36,38-43H,2-3,18-19,22-23,25-30H2,1,4-14H3/t31-,34+,35+,36+,38?,39?,40-,41+,42?,43-/m1/s1. The Morgan fingerprint density at radius 1 is 0.877 bits per heavy atom. The summed E-state index contributed by atoms with van der Waals surface area (Å²) in [7, 11) is -6.37. The molecule has 10 atom stereocenters. The highest BCUT2D eigenvalue weighted by Gasteiger charge is 2.50. The molecule has 1 aromatic rings. The third-order valence-corrected chi connectivity index (χ3v) is 24.6. The fourth-order valence-electron chi connectivity index (χ4n) is 8.01. The van der Waals surface area contributed by atoms with Crippen LogP contribution in [0.2, 0.25) is 36.3 Å². The monoisotopic (exact) mass is 848 g/mol. The molecule has 324 valence electrons. The third kappa shape index (κ3) is 12.5. The molecule has 3 fully saturated rings. The van der Waals surface area contributed by atoms with Gasteiger partial charge in [-0.05, 0) is 97.6 Å². The Balaban J connectivity index is 1.60. The molecule has 0 spiro atoms. The Morgan fingerprint density at radius 2 is 1.51 bits per heavy atom. The molecular formula is C45H76O9SSi2. The summed E-state index contributed by atoms with van der Waals surface area (Å²) in [5.41, 5.74) is 2.09. The average Bonchev–Trinajstić information content (AvgIpc) is 3.63. The van der Waals surface area contributed by atoms with Crippen LogP contribution >= 0.6 is 0 Å². The molecule has 0 bridgehead atoms. The number of hydrogen-bond acceptors (Lipinski definition) is 9. The minimum absolute atomic E-state index is 0.0160. The van der Waals surface area contributed by atoms with Crippen LogP contribution in [-0.4, -0.2) is 99.6 Å². The molecule has 3 aliphatic heterocycles. The summed E-state index contributed by atoms with van der Waals surface area (Å²) in [4.78, 5) is 11.2. The summed E-state index contributed by atoms with van der Waals surface area (Å²) in [6, 6.07) is 8.66. The topological polar surface area (TPSA) is 107 Å². The van der Waals surface area contributed by atoms with Crippen LogP contribution in [0.25, 0.3) is 0 Å². The van der Waals surface area contributed by atoms with Crippen LogP contribution in [0.15, 0.2) is 59.5 Å². The second-order valence-electron chi connectivity index (χ2n) is 20.1. The van der Waals surface area contributed by atoms with Crippen LogP contribution in [0, 0.1) is 11.8 Å². The van der Waals surface area contributed by atoms with Gasteiger partial charge in [-0.3, -0.25) is 0 Å². The average molecular weight is 849 g/mol. The van der Waals surface area contributed by atoms with E-state index in [9.17, 15) is 13.2 Å². The predicted molar refractivity (Wildman–Crippen MR) is 234 cm³/mol. The van der Waals surface area contributed by atoms with Gasteiger partial charge < -0.3 is 32.6 Å². The number of carbonyl (C=O) groups excluding carboxylic acids is 1. The molecule has 1 aromatic carbocycles. The first-order chi connectivity index (χ1) is 26.4. The van der Waals surface area contributed by atoms with Crippen molar-refractivity contribution in [3.8, 4) is 0 Å². The Hall–Kier alpha value is -1.49. The van der Waals surface area contributed by atoms with Crippen molar-refractivity contribution in [3.05, 3.63) is 54.6 Å². The van der Waals surface area contributed by atoms with Crippen LogP contribution in [0.3, 0.4) is 0 Å². The van der Waals surface area contributed by atoms with E-state index in [0.717, 1.165) is 49.5 Å². The second kappa shape index (κ2) is 19.5. The van der Waals surface area contributed by atoms with Crippen molar-refractivity contribution >= 4 is 32.8 Å². The normalized spacial score (nSPS) is 29.9. The van der Waals surface area contributed by atoms with Gasteiger partial charge in [0.1, 0.15) is 6.29 Å². The molecule has 9 nitrogen and oxygen atoms in total. The molecule has 3 saturated heterocycles. The van der Waals surface area contributed by atoms with Crippen molar-refractivity contribution < 1.29 is 41.0 Å². The van der Waals surface area contributed by atoms with E-state index >= 15 is 0 Å². The highest BCUT2D eigenvalue weighted by Crippen LogP contribution is 2.44. The maximum absolute atomic E-state index is 14.1. The van der Waals surface area contributed by atoms with Crippen LogP contribution < -0.4 is 0 Å². The smallest absolute Gasteiger partial charge is 0.192 e. The molecule has 0 aromatic heterocycles. The number of aldehydes is 1. The first kappa shape index (κ1) is 48.2. The molecule has 12 heteroatoms. The first-order valence-electron chi connectivity index (χ1n) is 21.3. The van der Waals surface area contributed by atoms with Crippen molar-refractivity contribution in [2.75, 3.05) is 19.5 Å². The summed E-state index contributed by atoms with van der Waals surface area (Å²) in [5.74, 6) is -0.348. The van der Waals surface area contributed by atoms with E-state index in [1.54, 1.807) is 31.4 Å². The maximum Gasteiger partial charge on any atom is 0.192 e. The SMILES string of the molecule is C=C1C[C@H](CCC=O)OC1CC[C@H]1C[C@@H](C)C(=C)[C@@H](C[C@@H]2OC(C[C@@H](CO[Si](C)(C)C(C)(C)C)O[Si](C)(C)C(C)(C)C)[C@H](OC)C2CS(=O)(=O)c2ccccc2)O1. The van der Waals surface area contributed by atoms with Gasteiger partial charge in [-0.25, -0.2) is 8.42 Å². The number of carbonyl (C=O) groups is 1. The fraction of sp³-hybridized carbons (Fsp3) is 0.756. The number of ether oxygens (including phenoxy) is 4. The minimum Gasteiger partial charge on any atom is -0.414 e. The lowest BCUT2D eigenvalue weighted by Crippen LogP contribution is -2.49. The molecule has 0 N–H and O–H groups in total. The third-order valence-electron chi connectivity index (χ3n) is 13.7. The highest BCUT2D eigenvalue weighted by molar-refractivity contribution is 7.91. The zero-order chi connectivity index (χ0) is 42.6. The van der Waals surface area contributed by atoms with Gasteiger partial charge >= 0.3 is 0 Å². The quantitative estimate of drug-likeness (QED) is 0.0764. The van der Waals surface area contributed by atoms with E-state index < -0.39 is 50.7 Å². The van der Waals surface area contributed by atoms with E-state index in [4.69, 9.17) is 27.8 Å². The Bertz CT molecular complexity index is 1600. The summed E-state index contributed by atoms with van der Waals surface area (Å²) in [6.45, 7) is 33.9. The molecule has 0 amide bonds. The number of sulfone groups is 1. The number of benzene rings is 1. The molecule has 0 aliphatic carbocycles. The van der Waals surface area contributed by atoms with Crippen molar-refractivity contribution in [2.24, 2.45) is 11.8 Å². The Kier molecular flexibility index (Phi) is 16.5. The van der Waals surface area contributed by atoms with E-state index in [1.807, 2.05) is 6.07 Å². The van der Waals surface area contributed by atoms with E-state index in [2.05, 4.69) is 87.8 Å². The van der Waals surface area contributed by atoms with Crippen molar-refractivity contribution in [3.63, 3.8) is 0 Å². The molecule has 0 radical (unpaired) electrons. The van der Waals surface area contributed by atoms with Gasteiger partial charge in [-0.15, -0.1) is 0 Å². The summed E-state index contributed by atoms with van der Waals surface area (Å²) < 4.78 is 68.5. The first-order valence-corrected chi connectivity index (χ1v) is 28.7.